The van der Waals surface area contributed by atoms with E-state index in [0.717, 1.165) is 25.1 Å². The minimum atomic E-state index is -0.252. The highest BCUT2D eigenvalue weighted by atomic mass is 19.1. The second-order valence-corrected chi connectivity index (χ2v) is 5.42. The van der Waals surface area contributed by atoms with Gasteiger partial charge in [0.25, 0.3) is 0 Å². The lowest BCUT2D eigenvalue weighted by molar-refractivity contribution is 0.141. The van der Waals surface area contributed by atoms with Crippen LogP contribution in [0.1, 0.15) is 25.8 Å². The van der Waals surface area contributed by atoms with E-state index >= 15 is 0 Å². The normalized spacial score (nSPS) is 19.1. The Kier molecular flexibility index (Phi) is 5.16. The van der Waals surface area contributed by atoms with Crippen LogP contribution in [-0.2, 0) is 11.3 Å². The lowest BCUT2D eigenvalue weighted by Gasteiger charge is -2.14. The summed E-state index contributed by atoms with van der Waals surface area (Å²) in [6.45, 7) is 7.19. The van der Waals surface area contributed by atoms with Crippen LogP contribution in [0.3, 0.4) is 0 Å². The molecule has 1 saturated heterocycles. The second kappa shape index (κ2) is 6.87. The third-order valence-electron chi connectivity index (χ3n) is 3.00. The first kappa shape index (κ1) is 14.3. The van der Waals surface area contributed by atoms with Gasteiger partial charge in [0.05, 0.1) is 13.2 Å². The minimum Gasteiger partial charge on any atom is -0.488 e. The first-order valence-corrected chi connectivity index (χ1v) is 6.88. The van der Waals surface area contributed by atoms with Gasteiger partial charge in [-0.1, -0.05) is 13.8 Å². The van der Waals surface area contributed by atoms with Crippen LogP contribution in [0.15, 0.2) is 18.2 Å². The van der Waals surface area contributed by atoms with Gasteiger partial charge in [0.15, 0.2) is 0 Å². The number of hydrogen-bond acceptors (Lipinski definition) is 3. The highest BCUT2D eigenvalue weighted by Gasteiger charge is 2.17. The van der Waals surface area contributed by atoms with Crippen LogP contribution in [-0.4, -0.2) is 25.9 Å². The van der Waals surface area contributed by atoms with E-state index in [1.165, 1.54) is 6.07 Å². The molecule has 0 aromatic heterocycles. The van der Waals surface area contributed by atoms with E-state index in [2.05, 4.69) is 19.2 Å². The molecule has 19 heavy (non-hydrogen) atoms. The van der Waals surface area contributed by atoms with Gasteiger partial charge in [0.1, 0.15) is 17.7 Å². The highest BCUT2D eigenvalue weighted by molar-refractivity contribution is 5.29. The third kappa shape index (κ3) is 4.80. The van der Waals surface area contributed by atoms with E-state index in [4.69, 9.17) is 9.47 Å². The van der Waals surface area contributed by atoms with Gasteiger partial charge in [0, 0.05) is 19.0 Å². The zero-order chi connectivity index (χ0) is 13.7. The van der Waals surface area contributed by atoms with Crippen molar-refractivity contribution < 1.29 is 13.9 Å². The number of ether oxygens (including phenoxy) is 2. The van der Waals surface area contributed by atoms with Gasteiger partial charge in [0.2, 0.25) is 0 Å². The van der Waals surface area contributed by atoms with E-state index < -0.39 is 0 Å². The molecule has 4 heteroatoms. The molecule has 1 N–H and O–H groups in total. The van der Waals surface area contributed by atoms with E-state index in [9.17, 15) is 4.39 Å². The molecule has 0 bridgehead atoms. The molecule has 1 aromatic rings. The second-order valence-electron chi connectivity index (χ2n) is 5.42. The molecule has 0 aliphatic carbocycles. The molecule has 2 rings (SSSR count). The molecule has 1 unspecified atom stereocenters. The number of benzene rings is 1. The SMILES string of the molecule is CC(C)CNCc1cc(F)cc(OC2CCOC2)c1. The molecule has 1 aliphatic rings. The fourth-order valence-corrected chi connectivity index (χ4v) is 2.09. The van der Waals surface area contributed by atoms with Gasteiger partial charge in [-0.15, -0.1) is 0 Å². The minimum absolute atomic E-state index is 0.0540. The fraction of sp³-hybridized carbons (Fsp3) is 0.600. The fourth-order valence-electron chi connectivity index (χ4n) is 2.09. The Labute approximate surface area is 114 Å². The lowest BCUT2D eigenvalue weighted by atomic mass is 10.2. The molecule has 0 radical (unpaired) electrons. The Balaban J connectivity index is 1.93. The van der Waals surface area contributed by atoms with Crippen LogP contribution >= 0.6 is 0 Å². The van der Waals surface area contributed by atoms with E-state index in [-0.39, 0.29) is 11.9 Å². The quantitative estimate of drug-likeness (QED) is 0.859. The third-order valence-corrected chi connectivity index (χ3v) is 3.00. The summed E-state index contributed by atoms with van der Waals surface area (Å²) in [6, 6.07) is 4.88. The van der Waals surface area contributed by atoms with E-state index in [1.54, 1.807) is 6.07 Å². The summed E-state index contributed by atoms with van der Waals surface area (Å²) in [6.07, 6.45) is 0.926. The van der Waals surface area contributed by atoms with Gasteiger partial charge in [-0.25, -0.2) is 4.39 Å². The van der Waals surface area contributed by atoms with Crippen molar-refractivity contribution in [1.82, 2.24) is 5.32 Å². The number of rotatable bonds is 6. The monoisotopic (exact) mass is 267 g/mol. The lowest BCUT2D eigenvalue weighted by Crippen LogP contribution is -2.19. The van der Waals surface area contributed by atoms with Crippen LogP contribution < -0.4 is 10.1 Å². The standard InChI is InChI=1S/C15H22FNO2/c1-11(2)8-17-9-12-5-13(16)7-15(6-12)19-14-3-4-18-10-14/h5-7,11,14,17H,3-4,8-10H2,1-2H3. The molecule has 1 heterocycles. The average Bonchev–Trinajstić information content (AvgIpc) is 2.80. The first-order chi connectivity index (χ1) is 9.13. The van der Waals surface area contributed by atoms with Crippen LogP contribution in [0.5, 0.6) is 5.75 Å². The maximum atomic E-state index is 13.5. The van der Waals surface area contributed by atoms with Crippen LogP contribution in [0.4, 0.5) is 4.39 Å². The first-order valence-electron chi connectivity index (χ1n) is 6.88. The Morgan fingerprint density at radius 2 is 2.26 bits per heavy atom. The molecule has 1 fully saturated rings. The maximum Gasteiger partial charge on any atom is 0.127 e. The van der Waals surface area contributed by atoms with Gasteiger partial charge in [-0.05, 0) is 30.2 Å². The van der Waals surface area contributed by atoms with Crippen molar-refractivity contribution in [3.05, 3.63) is 29.6 Å². The Morgan fingerprint density at radius 1 is 1.42 bits per heavy atom. The van der Waals surface area contributed by atoms with Crippen LogP contribution in [0.25, 0.3) is 0 Å². The van der Waals surface area contributed by atoms with Crippen LogP contribution in [0.2, 0.25) is 0 Å². The van der Waals surface area contributed by atoms with Crippen molar-refractivity contribution in [1.29, 1.82) is 0 Å². The molecular weight excluding hydrogens is 245 g/mol. The molecular formula is C15H22FNO2. The zero-order valence-corrected chi connectivity index (χ0v) is 11.6. The number of halogens is 1. The summed E-state index contributed by atoms with van der Waals surface area (Å²) >= 11 is 0. The number of nitrogens with one attached hydrogen (secondary N) is 1. The maximum absolute atomic E-state index is 13.5. The predicted octanol–water partition coefficient (Wildman–Crippen LogP) is 2.74. The van der Waals surface area contributed by atoms with Crippen molar-refractivity contribution >= 4 is 0 Å². The summed E-state index contributed by atoms with van der Waals surface area (Å²) in [5.74, 6) is 0.925. The van der Waals surface area contributed by atoms with Crippen molar-refractivity contribution in [3.63, 3.8) is 0 Å². The molecule has 1 aliphatic heterocycles. The van der Waals surface area contributed by atoms with Crippen molar-refractivity contribution in [2.75, 3.05) is 19.8 Å². The topological polar surface area (TPSA) is 30.5 Å². The molecule has 3 nitrogen and oxygen atoms in total. The zero-order valence-electron chi connectivity index (χ0n) is 11.6. The largest absolute Gasteiger partial charge is 0.488 e. The van der Waals surface area contributed by atoms with Crippen LogP contribution in [0, 0.1) is 11.7 Å². The molecule has 0 amide bonds. The molecule has 1 aromatic carbocycles. The molecule has 0 saturated carbocycles. The highest BCUT2D eigenvalue weighted by Crippen LogP contribution is 2.20. The van der Waals surface area contributed by atoms with E-state index in [1.807, 2.05) is 6.07 Å². The van der Waals surface area contributed by atoms with Gasteiger partial charge >= 0.3 is 0 Å². The Hall–Kier alpha value is -1.13. The molecule has 0 spiro atoms. The summed E-state index contributed by atoms with van der Waals surface area (Å²) in [7, 11) is 0. The van der Waals surface area contributed by atoms with E-state index in [0.29, 0.717) is 24.8 Å². The van der Waals surface area contributed by atoms with Gasteiger partial charge in [-0.2, -0.15) is 0 Å². The van der Waals surface area contributed by atoms with Crippen molar-refractivity contribution in [2.24, 2.45) is 5.92 Å². The summed E-state index contributed by atoms with van der Waals surface area (Å²) in [5.41, 5.74) is 0.912. The van der Waals surface area contributed by atoms with Crippen molar-refractivity contribution in [2.45, 2.75) is 32.9 Å². The number of hydrogen-bond donors (Lipinski definition) is 1. The summed E-state index contributed by atoms with van der Waals surface area (Å²) < 4.78 is 24.5. The average molecular weight is 267 g/mol. The Bertz CT molecular complexity index is 403. The molecule has 106 valence electrons. The summed E-state index contributed by atoms with van der Waals surface area (Å²) in [5, 5.41) is 3.30. The van der Waals surface area contributed by atoms with Gasteiger partial charge < -0.3 is 14.8 Å². The van der Waals surface area contributed by atoms with Crippen molar-refractivity contribution in [3.8, 4) is 5.75 Å². The smallest absolute Gasteiger partial charge is 0.127 e. The predicted molar refractivity (Wildman–Crippen MR) is 72.8 cm³/mol. The molecule has 1 atom stereocenters. The Morgan fingerprint density at radius 3 is 2.95 bits per heavy atom. The summed E-state index contributed by atoms with van der Waals surface area (Å²) in [4.78, 5) is 0. The van der Waals surface area contributed by atoms with Gasteiger partial charge in [-0.3, -0.25) is 0 Å².